The van der Waals surface area contributed by atoms with Crippen LogP contribution in [0.2, 0.25) is 0 Å². The third kappa shape index (κ3) is 25.9. The molecule has 20 heteroatoms. The first-order valence-corrected chi connectivity index (χ1v) is 30.0. The summed E-state index contributed by atoms with van der Waals surface area (Å²) >= 11 is 0. The van der Waals surface area contributed by atoms with Crippen LogP contribution in [0.25, 0.3) is 0 Å². The molecule has 0 unspecified atom stereocenters. The number of carbonyl (C=O) groups excluding carboxylic acids is 6. The number of aliphatic carboxylic acids is 1. The van der Waals surface area contributed by atoms with Crippen LogP contribution >= 0.6 is 0 Å². The van der Waals surface area contributed by atoms with E-state index in [1.807, 2.05) is 0 Å². The highest BCUT2D eigenvalue weighted by molar-refractivity contribution is 5.92. The summed E-state index contributed by atoms with van der Waals surface area (Å²) in [5.74, 6) is -9.18. The summed E-state index contributed by atoms with van der Waals surface area (Å²) in [5.41, 5.74) is -0.773. The summed E-state index contributed by atoms with van der Waals surface area (Å²) in [6.07, 6.45) is 12.5. The van der Waals surface area contributed by atoms with Gasteiger partial charge in [-0.25, -0.2) is 36.7 Å². The van der Waals surface area contributed by atoms with Gasteiger partial charge in [0, 0.05) is 19.4 Å². The van der Waals surface area contributed by atoms with Gasteiger partial charge in [0.2, 0.25) is 11.8 Å². The molecule has 3 N–H and O–H groups in total. The summed E-state index contributed by atoms with van der Waals surface area (Å²) in [5, 5.41) is 14.5. The predicted octanol–water partition coefficient (Wildman–Crippen LogP) is 12.9. The number of ether oxygens (including phenoxy) is 6. The number of benzene rings is 4. The van der Waals surface area contributed by atoms with Crippen molar-refractivity contribution in [3.8, 4) is 0 Å². The summed E-state index contributed by atoms with van der Waals surface area (Å²) in [6, 6.07) is 15.3. The SMILES string of the molecule is CCCCCCCCCCCCCCCC(=O)N[C@@H](CO[C@@H]1O[C@H](COC(=O)c2ccc(F)cc2)[C@H](OC(=O)c2ccc(F)cc2)[C@H](OC(=O)c2ccc(F)cc2)[C@H]1OC(=O)c1ccc(F)cc1)C(=O)NCCCCCCCCCCCC(=O)O. The maximum absolute atomic E-state index is 14.2. The molecule has 0 aliphatic carbocycles. The highest BCUT2D eigenvalue weighted by Crippen LogP contribution is 2.32. The number of hydrogen-bond donors (Lipinski definition) is 3. The number of esters is 4. The standard InChI is InChI=1S/C65H82F4N2O14/c1-2-3-4-5-6-7-8-9-10-12-15-18-21-24-55(72)71-53(60(75)70-42-23-20-17-14-11-13-16-19-22-25-56(73)74)43-81-65-59(85-64(79)48-32-40-52(69)41-33-48)58(84-63(78)47-30-38-51(68)39-31-47)57(83-62(77)46-28-36-50(67)37-29-46)54(82-65)44-80-61(76)45-26-34-49(66)35-27-45/h26-41,53-54,57-59,65H,2-25,42-44H2,1H3,(H,70,75)(H,71,72)(H,73,74)/t53-,54+,57-,58-,59+,65+/m0/s1. The Morgan fingerprint density at radius 1 is 0.471 bits per heavy atom. The highest BCUT2D eigenvalue weighted by atomic mass is 19.1. The smallest absolute Gasteiger partial charge is 0.338 e. The molecule has 1 aliphatic rings. The molecule has 85 heavy (non-hydrogen) atoms. The number of amides is 2. The number of hydrogen-bond acceptors (Lipinski definition) is 13. The average Bonchev–Trinajstić information content (AvgIpc) is 2.17. The van der Waals surface area contributed by atoms with Gasteiger partial charge in [0.05, 0.1) is 28.9 Å². The van der Waals surface area contributed by atoms with Gasteiger partial charge in [-0.1, -0.05) is 129 Å². The molecule has 0 aromatic heterocycles. The van der Waals surface area contributed by atoms with Crippen molar-refractivity contribution in [2.24, 2.45) is 0 Å². The van der Waals surface area contributed by atoms with Crippen LogP contribution in [0.3, 0.4) is 0 Å². The molecule has 0 bridgehead atoms. The largest absolute Gasteiger partial charge is 0.481 e. The lowest BCUT2D eigenvalue weighted by molar-refractivity contribution is -0.299. The molecule has 0 saturated carbocycles. The van der Waals surface area contributed by atoms with Crippen molar-refractivity contribution >= 4 is 41.7 Å². The lowest BCUT2D eigenvalue weighted by Crippen LogP contribution is -2.63. The van der Waals surface area contributed by atoms with Crippen molar-refractivity contribution in [3.05, 3.63) is 143 Å². The molecule has 1 heterocycles. The first-order valence-electron chi connectivity index (χ1n) is 30.0. The van der Waals surface area contributed by atoms with Gasteiger partial charge in [-0.2, -0.15) is 0 Å². The van der Waals surface area contributed by atoms with Gasteiger partial charge >= 0.3 is 29.8 Å². The molecule has 16 nitrogen and oxygen atoms in total. The Morgan fingerprint density at radius 2 is 0.835 bits per heavy atom. The van der Waals surface area contributed by atoms with Crippen LogP contribution in [-0.2, 0) is 42.8 Å². The number of unbranched alkanes of at least 4 members (excludes halogenated alkanes) is 20. The molecule has 4 aromatic rings. The minimum atomic E-state index is -1.99. The molecule has 1 fully saturated rings. The van der Waals surface area contributed by atoms with Gasteiger partial charge in [-0.05, 0) is 116 Å². The van der Waals surface area contributed by atoms with E-state index in [1.165, 1.54) is 44.9 Å². The molecule has 0 radical (unpaired) electrons. The van der Waals surface area contributed by atoms with Crippen LogP contribution in [0.4, 0.5) is 17.6 Å². The number of halogens is 4. The van der Waals surface area contributed by atoms with Crippen LogP contribution in [0.1, 0.15) is 202 Å². The van der Waals surface area contributed by atoms with Crippen molar-refractivity contribution in [1.82, 2.24) is 10.6 Å². The fraction of sp³-hybridized carbons (Fsp3) is 0.523. The molecular formula is C65H82F4N2O14. The van der Waals surface area contributed by atoms with Crippen molar-refractivity contribution in [3.63, 3.8) is 0 Å². The highest BCUT2D eigenvalue weighted by Gasteiger charge is 2.54. The Labute approximate surface area is 495 Å². The van der Waals surface area contributed by atoms with E-state index in [0.29, 0.717) is 19.3 Å². The summed E-state index contributed by atoms with van der Waals surface area (Å²) in [7, 11) is 0. The molecule has 0 spiro atoms. The Bertz CT molecular complexity index is 2660. The van der Waals surface area contributed by atoms with Crippen molar-refractivity contribution < 1.29 is 84.7 Å². The van der Waals surface area contributed by atoms with E-state index in [1.54, 1.807) is 0 Å². The van der Waals surface area contributed by atoms with Crippen LogP contribution in [0.5, 0.6) is 0 Å². The molecule has 2 amide bonds. The van der Waals surface area contributed by atoms with Gasteiger partial charge in [0.1, 0.15) is 42.0 Å². The normalized spacial score (nSPS) is 16.8. The average molecular weight is 1190 g/mol. The lowest BCUT2D eigenvalue weighted by atomic mass is 9.97. The summed E-state index contributed by atoms with van der Waals surface area (Å²) in [6.45, 7) is 0.919. The van der Waals surface area contributed by atoms with Crippen LogP contribution in [0, 0.1) is 23.3 Å². The van der Waals surface area contributed by atoms with E-state index in [-0.39, 0.29) is 41.6 Å². The van der Waals surface area contributed by atoms with E-state index in [2.05, 4.69) is 17.6 Å². The maximum Gasteiger partial charge on any atom is 0.338 e. The molecular weight excluding hydrogens is 1110 g/mol. The maximum atomic E-state index is 14.2. The zero-order chi connectivity index (χ0) is 61.2. The van der Waals surface area contributed by atoms with Gasteiger partial charge in [0.25, 0.3) is 0 Å². The van der Waals surface area contributed by atoms with Crippen molar-refractivity contribution in [2.45, 2.75) is 198 Å². The molecule has 6 atom stereocenters. The monoisotopic (exact) mass is 1190 g/mol. The molecule has 464 valence electrons. The fourth-order valence-electron chi connectivity index (χ4n) is 9.63. The third-order valence-electron chi connectivity index (χ3n) is 14.5. The Morgan fingerprint density at radius 3 is 1.26 bits per heavy atom. The van der Waals surface area contributed by atoms with Gasteiger partial charge in [-0.3, -0.25) is 14.4 Å². The van der Waals surface area contributed by atoms with E-state index in [0.717, 1.165) is 174 Å². The number of carbonyl (C=O) groups is 7. The minimum Gasteiger partial charge on any atom is -0.481 e. The quantitative estimate of drug-likeness (QED) is 0.0163. The Balaban J connectivity index is 1.41. The van der Waals surface area contributed by atoms with Crippen molar-refractivity contribution in [1.29, 1.82) is 0 Å². The van der Waals surface area contributed by atoms with E-state index in [4.69, 9.17) is 33.5 Å². The van der Waals surface area contributed by atoms with Gasteiger partial charge < -0.3 is 44.2 Å². The first kappa shape index (κ1) is 68.6. The van der Waals surface area contributed by atoms with E-state index < -0.39 is 115 Å². The summed E-state index contributed by atoms with van der Waals surface area (Å²) < 4.78 is 92.7. The molecule has 5 rings (SSSR count). The van der Waals surface area contributed by atoms with E-state index >= 15 is 0 Å². The van der Waals surface area contributed by atoms with Crippen LogP contribution in [-0.4, -0.2) is 103 Å². The molecule has 1 saturated heterocycles. The fourth-order valence-corrected chi connectivity index (χ4v) is 9.63. The number of carboxylic acids is 1. The third-order valence-corrected chi connectivity index (χ3v) is 14.5. The topological polar surface area (TPSA) is 219 Å². The second kappa shape index (κ2) is 38.7. The zero-order valence-electron chi connectivity index (χ0n) is 48.6. The Hall–Kier alpha value is -7.19. The van der Waals surface area contributed by atoms with Crippen LogP contribution in [0.15, 0.2) is 97.1 Å². The van der Waals surface area contributed by atoms with E-state index in [9.17, 15) is 51.1 Å². The number of rotatable bonds is 40. The summed E-state index contributed by atoms with van der Waals surface area (Å²) in [4.78, 5) is 94.4. The zero-order valence-corrected chi connectivity index (χ0v) is 48.6. The lowest BCUT2D eigenvalue weighted by Gasteiger charge is -2.44. The Kier molecular flexibility index (Phi) is 31.2. The predicted molar refractivity (Wildman–Crippen MR) is 307 cm³/mol. The number of nitrogens with one attached hydrogen (secondary N) is 2. The molecule has 4 aromatic carbocycles. The van der Waals surface area contributed by atoms with Crippen LogP contribution < -0.4 is 10.6 Å². The second-order valence-electron chi connectivity index (χ2n) is 21.3. The second-order valence-corrected chi connectivity index (χ2v) is 21.3. The van der Waals surface area contributed by atoms with Gasteiger partial charge in [-0.15, -0.1) is 0 Å². The van der Waals surface area contributed by atoms with Gasteiger partial charge in [0.15, 0.2) is 24.6 Å². The first-order chi connectivity index (χ1) is 41.1. The molecule has 1 aliphatic heterocycles. The number of carboxylic acid groups (broad SMARTS) is 1. The minimum absolute atomic E-state index is 0.0724. The van der Waals surface area contributed by atoms with Crippen molar-refractivity contribution in [2.75, 3.05) is 19.8 Å².